The third kappa shape index (κ3) is 3.57. The van der Waals surface area contributed by atoms with Gasteiger partial charge in [-0.15, -0.1) is 0 Å². The fourth-order valence-corrected chi connectivity index (χ4v) is 2.19. The minimum atomic E-state index is -0.258. The lowest BCUT2D eigenvalue weighted by Gasteiger charge is -2.10. The van der Waals surface area contributed by atoms with E-state index in [9.17, 15) is 4.79 Å². The van der Waals surface area contributed by atoms with Crippen molar-refractivity contribution in [2.24, 2.45) is 0 Å². The Morgan fingerprint density at radius 1 is 1.48 bits per heavy atom. The molecular weight excluding hydrogens is 270 g/mol. The van der Waals surface area contributed by atoms with E-state index in [1.54, 1.807) is 23.3 Å². The summed E-state index contributed by atoms with van der Waals surface area (Å²) in [5.41, 5.74) is 0.616. The zero-order valence-corrected chi connectivity index (χ0v) is 11.5. The van der Waals surface area contributed by atoms with Crippen LogP contribution >= 0.6 is 0 Å². The lowest BCUT2D eigenvalue weighted by atomic mass is 10.2. The Hall–Kier alpha value is -2.41. The average molecular weight is 287 g/mol. The number of urea groups is 1. The van der Waals surface area contributed by atoms with Crippen molar-refractivity contribution in [1.29, 1.82) is 0 Å². The highest BCUT2D eigenvalue weighted by Crippen LogP contribution is 2.11. The number of pyridine rings is 1. The topological polar surface area (TPSA) is 81.1 Å². The predicted molar refractivity (Wildman–Crippen MR) is 77.4 cm³/mol. The third-order valence-electron chi connectivity index (χ3n) is 3.24. The molecule has 3 rings (SSSR count). The number of rotatable bonds is 4. The van der Waals surface area contributed by atoms with Gasteiger partial charge in [0, 0.05) is 19.3 Å². The molecule has 1 aliphatic heterocycles. The molecule has 3 heterocycles. The molecule has 1 saturated heterocycles. The van der Waals surface area contributed by atoms with Gasteiger partial charge in [0.25, 0.3) is 0 Å². The smallest absolute Gasteiger partial charge is 0.319 e. The van der Waals surface area contributed by atoms with Crippen LogP contribution in [0, 0.1) is 0 Å². The van der Waals surface area contributed by atoms with Crippen LogP contribution in [-0.2, 0) is 4.74 Å². The average Bonchev–Trinajstić information content (AvgIpc) is 3.17. The van der Waals surface area contributed by atoms with Crippen molar-refractivity contribution in [1.82, 2.24) is 20.1 Å². The van der Waals surface area contributed by atoms with Gasteiger partial charge >= 0.3 is 6.03 Å². The molecule has 1 fully saturated rings. The summed E-state index contributed by atoms with van der Waals surface area (Å²) in [6.45, 7) is 1.31. The van der Waals surface area contributed by atoms with E-state index in [-0.39, 0.29) is 12.1 Å². The van der Waals surface area contributed by atoms with E-state index in [1.807, 2.05) is 18.2 Å². The number of carbonyl (C=O) groups excluding carboxylic acids is 1. The van der Waals surface area contributed by atoms with Crippen molar-refractivity contribution < 1.29 is 9.53 Å². The molecule has 0 spiro atoms. The predicted octanol–water partition coefficient (Wildman–Crippen LogP) is 1.57. The van der Waals surface area contributed by atoms with E-state index in [2.05, 4.69) is 20.7 Å². The SMILES string of the molecule is O=C(NCC1CCCO1)Nc1cnn(-c2ccccn2)c1. The molecule has 0 radical (unpaired) electrons. The summed E-state index contributed by atoms with van der Waals surface area (Å²) < 4.78 is 7.06. The van der Waals surface area contributed by atoms with Crippen LogP contribution < -0.4 is 10.6 Å². The van der Waals surface area contributed by atoms with Crippen LogP contribution in [0.4, 0.5) is 10.5 Å². The number of amides is 2. The van der Waals surface area contributed by atoms with Crippen molar-refractivity contribution >= 4 is 11.7 Å². The molecule has 2 aromatic heterocycles. The molecule has 0 bridgehead atoms. The van der Waals surface area contributed by atoms with Gasteiger partial charge in [-0.3, -0.25) is 0 Å². The number of nitrogens with zero attached hydrogens (tertiary/aromatic N) is 3. The fourth-order valence-electron chi connectivity index (χ4n) is 2.19. The summed E-state index contributed by atoms with van der Waals surface area (Å²) in [5.74, 6) is 0.699. The number of hydrogen-bond acceptors (Lipinski definition) is 4. The van der Waals surface area contributed by atoms with E-state index < -0.39 is 0 Å². The summed E-state index contributed by atoms with van der Waals surface area (Å²) in [4.78, 5) is 16.0. The van der Waals surface area contributed by atoms with Crippen molar-refractivity contribution in [2.45, 2.75) is 18.9 Å². The van der Waals surface area contributed by atoms with E-state index >= 15 is 0 Å². The molecule has 21 heavy (non-hydrogen) atoms. The molecule has 1 aliphatic rings. The second-order valence-electron chi connectivity index (χ2n) is 4.83. The molecule has 2 aromatic rings. The van der Waals surface area contributed by atoms with Gasteiger partial charge in [-0.2, -0.15) is 5.10 Å². The number of aromatic nitrogens is 3. The minimum Gasteiger partial charge on any atom is -0.376 e. The Morgan fingerprint density at radius 3 is 3.19 bits per heavy atom. The van der Waals surface area contributed by atoms with Crippen LogP contribution in [0.2, 0.25) is 0 Å². The highest BCUT2D eigenvalue weighted by atomic mass is 16.5. The van der Waals surface area contributed by atoms with Crippen molar-refractivity contribution in [3.8, 4) is 5.82 Å². The molecule has 7 heteroatoms. The number of nitrogens with one attached hydrogen (secondary N) is 2. The molecule has 2 N–H and O–H groups in total. The quantitative estimate of drug-likeness (QED) is 0.894. The van der Waals surface area contributed by atoms with Gasteiger partial charge in [-0.1, -0.05) is 6.07 Å². The largest absolute Gasteiger partial charge is 0.376 e. The fraction of sp³-hybridized carbons (Fsp3) is 0.357. The molecular formula is C14H17N5O2. The Balaban J connectivity index is 1.53. The summed E-state index contributed by atoms with van der Waals surface area (Å²) in [7, 11) is 0. The second kappa shape index (κ2) is 6.36. The van der Waals surface area contributed by atoms with Crippen LogP contribution in [-0.4, -0.2) is 40.1 Å². The van der Waals surface area contributed by atoms with Gasteiger partial charge in [0.05, 0.1) is 24.2 Å². The molecule has 2 amide bonds. The second-order valence-corrected chi connectivity index (χ2v) is 4.83. The highest BCUT2D eigenvalue weighted by molar-refractivity contribution is 5.88. The Labute approximate surface area is 122 Å². The van der Waals surface area contributed by atoms with Gasteiger partial charge < -0.3 is 15.4 Å². The lowest BCUT2D eigenvalue weighted by Crippen LogP contribution is -2.34. The monoisotopic (exact) mass is 287 g/mol. The molecule has 0 aromatic carbocycles. The van der Waals surface area contributed by atoms with E-state index in [1.165, 1.54) is 0 Å². The molecule has 1 unspecified atom stereocenters. The van der Waals surface area contributed by atoms with Gasteiger partial charge in [-0.05, 0) is 25.0 Å². The number of anilines is 1. The van der Waals surface area contributed by atoms with Crippen molar-refractivity contribution in [3.05, 3.63) is 36.8 Å². The van der Waals surface area contributed by atoms with Crippen molar-refractivity contribution in [2.75, 3.05) is 18.5 Å². The standard InChI is InChI=1S/C14H17N5O2/c20-14(16-9-12-4-3-7-21-12)18-11-8-17-19(10-11)13-5-1-2-6-15-13/h1-2,5-6,8,10,12H,3-4,7,9H2,(H2,16,18,20). The van der Waals surface area contributed by atoms with E-state index in [0.717, 1.165) is 19.4 Å². The Bertz CT molecular complexity index is 592. The van der Waals surface area contributed by atoms with Gasteiger partial charge in [0.15, 0.2) is 5.82 Å². The Morgan fingerprint density at radius 2 is 2.43 bits per heavy atom. The number of hydrogen-bond donors (Lipinski definition) is 2. The third-order valence-corrected chi connectivity index (χ3v) is 3.24. The van der Waals surface area contributed by atoms with Crippen LogP contribution in [0.5, 0.6) is 0 Å². The minimum absolute atomic E-state index is 0.131. The summed E-state index contributed by atoms with van der Waals surface area (Å²) >= 11 is 0. The van der Waals surface area contributed by atoms with Gasteiger partial charge in [0.1, 0.15) is 0 Å². The van der Waals surface area contributed by atoms with Crippen LogP contribution in [0.1, 0.15) is 12.8 Å². The summed E-state index contributed by atoms with van der Waals surface area (Å²) in [5, 5.41) is 9.70. The number of ether oxygens (including phenoxy) is 1. The maximum absolute atomic E-state index is 11.8. The van der Waals surface area contributed by atoms with E-state index in [4.69, 9.17) is 4.74 Å². The van der Waals surface area contributed by atoms with Crippen LogP contribution in [0.15, 0.2) is 36.8 Å². The molecule has 1 atom stereocenters. The van der Waals surface area contributed by atoms with Gasteiger partial charge in [-0.25, -0.2) is 14.5 Å². The first kappa shape index (κ1) is 13.6. The maximum Gasteiger partial charge on any atom is 0.319 e. The molecule has 0 aliphatic carbocycles. The zero-order valence-electron chi connectivity index (χ0n) is 11.5. The lowest BCUT2D eigenvalue weighted by molar-refractivity contribution is 0.112. The molecule has 110 valence electrons. The first-order chi connectivity index (χ1) is 10.3. The summed E-state index contributed by atoms with van der Waals surface area (Å²) in [6, 6.07) is 5.30. The van der Waals surface area contributed by atoms with Crippen molar-refractivity contribution in [3.63, 3.8) is 0 Å². The number of carbonyl (C=O) groups is 1. The van der Waals surface area contributed by atoms with Gasteiger partial charge in [0.2, 0.25) is 0 Å². The highest BCUT2D eigenvalue weighted by Gasteiger charge is 2.16. The normalized spacial score (nSPS) is 17.6. The first-order valence-electron chi connectivity index (χ1n) is 6.94. The zero-order chi connectivity index (χ0) is 14.5. The van der Waals surface area contributed by atoms with E-state index in [0.29, 0.717) is 18.1 Å². The summed E-state index contributed by atoms with van der Waals surface area (Å²) in [6.07, 6.45) is 7.18. The molecule has 7 nitrogen and oxygen atoms in total. The van der Waals surface area contributed by atoms with Crippen LogP contribution in [0.3, 0.4) is 0 Å². The first-order valence-corrected chi connectivity index (χ1v) is 6.94. The Kier molecular flexibility index (Phi) is 4.11. The molecule has 0 saturated carbocycles. The van der Waals surface area contributed by atoms with Crippen LogP contribution in [0.25, 0.3) is 5.82 Å². The maximum atomic E-state index is 11.8.